The summed E-state index contributed by atoms with van der Waals surface area (Å²) in [4.78, 5) is 21.4. The number of aliphatic hydroxyl groups excluding tert-OH is 1. The number of carbonyl (C=O) groups excluding carboxylic acids is 1. The highest BCUT2D eigenvalue weighted by Crippen LogP contribution is 2.24. The van der Waals surface area contributed by atoms with E-state index in [4.69, 9.17) is 10.8 Å². The van der Waals surface area contributed by atoms with Crippen molar-refractivity contribution in [2.45, 2.75) is 6.61 Å². The third-order valence-corrected chi connectivity index (χ3v) is 2.53. The van der Waals surface area contributed by atoms with Crippen LogP contribution >= 0.6 is 0 Å². The first-order valence-corrected chi connectivity index (χ1v) is 5.26. The summed E-state index contributed by atoms with van der Waals surface area (Å²) >= 11 is 0. The predicted octanol–water partition coefficient (Wildman–Crippen LogP) is 0.372. The first kappa shape index (κ1) is 12.7. The van der Waals surface area contributed by atoms with Crippen LogP contribution in [0.5, 0.6) is 0 Å². The maximum Gasteiger partial charge on any atom is 0.295 e. The smallest absolute Gasteiger partial charge is 0.295 e. The molecule has 0 radical (unpaired) electrons. The largest absolute Gasteiger partial charge is 0.392 e. The molecule has 0 bridgehead atoms. The van der Waals surface area contributed by atoms with Crippen molar-refractivity contribution in [1.29, 1.82) is 0 Å². The normalized spacial score (nSPS) is 10.4. The van der Waals surface area contributed by atoms with Gasteiger partial charge in [0.05, 0.1) is 23.3 Å². The average molecular weight is 262 g/mol. The monoisotopic (exact) mass is 262 g/mol. The zero-order valence-corrected chi connectivity index (χ0v) is 9.68. The van der Waals surface area contributed by atoms with Crippen LogP contribution < -0.4 is 5.73 Å². The van der Waals surface area contributed by atoms with Gasteiger partial charge in [0.2, 0.25) is 0 Å². The number of hydrogen-bond donors (Lipinski definition) is 2. The Bertz CT molecular complexity index is 650. The molecule has 2 rings (SSSR count). The molecule has 0 aliphatic rings. The fourth-order valence-electron chi connectivity index (χ4n) is 1.59. The Morgan fingerprint density at radius 1 is 1.53 bits per heavy atom. The fraction of sp³-hybridized carbons (Fsp3) is 0.0909. The standard InChI is InChI=1S/C11H10N4O4/c12-11(17)8-4-13-14(5-8)9-2-1-7(6-16)3-10(9)15(18)19/h1-5,16H,6H2,(H2,12,17). The first-order valence-electron chi connectivity index (χ1n) is 5.26. The molecule has 0 aliphatic carbocycles. The van der Waals surface area contributed by atoms with E-state index < -0.39 is 10.8 Å². The van der Waals surface area contributed by atoms with E-state index in [-0.39, 0.29) is 23.5 Å². The summed E-state index contributed by atoms with van der Waals surface area (Å²) < 4.78 is 1.19. The molecule has 98 valence electrons. The average Bonchev–Trinajstić information content (AvgIpc) is 2.87. The second-order valence-corrected chi connectivity index (χ2v) is 3.78. The Labute approximate surface area is 107 Å². The van der Waals surface area contributed by atoms with E-state index in [0.717, 1.165) is 0 Å². The molecule has 1 aromatic heterocycles. The molecule has 19 heavy (non-hydrogen) atoms. The Balaban J connectivity index is 2.54. The maximum absolute atomic E-state index is 11.0. The zero-order chi connectivity index (χ0) is 14.0. The van der Waals surface area contributed by atoms with Gasteiger partial charge in [0.25, 0.3) is 11.6 Å². The minimum Gasteiger partial charge on any atom is -0.392 e. The summed E-state index contributed by atoms with van der Waals surface area (Å²) in [7, 11) is 0. The number of carbonyl (C=O) groups is 1. The molecule has 0 spiro atoms. The number of rotatable bonds is 4. The van der Waals surface area contributed by atoms with Gasteiger partial charge in [-0.15, -0.1) is 0 Å². The Morgan fingerprint density at radius 3 is 2.79 bits per heavy atom. The van der Waals surface area contributed by atoms with Gasteiger partial charge in [-0.2, -0.15) is 5.10 Å². The first-order chi connectivity index (χ1) is 9.02. The summed E-state index contributed by atoms with van der Waals surface area (Å²) in [5.41, 5.74) is 5.63. The van der Waals surface area contributed by atoms with Crippen LogP contribution in [0.1, 0.15) is 15.9 Å². The quantitative estimate of drug-likeness (QED) is 0.608. The number of primary amides is 1. The van der Waals surface area contributed by atoms with Crippen molar-refractivity contribution >= 4 is 11.6 Å². The topological polar surface area (TPSA) is 124 Å². The lowest BCUT2D eigenvalue weighted by Gasteiger charge is -2.04. The van der Waals surface area contributed by atoms with Crippen LogP contribution in [0.4, 0.5) is 5.69 Å². The fourth-order valence-corrected chi connectivity index (χ4v) is 1.59. The molecule has 0 fully saturated rings. The molecule has 8 nitrogen and oxygen atoms in total. The lowest BCUT2D eigenvalue weighted by atomic mass is 10.2. The molecule has 0 saturated heterocycles. The lowest BCUT2D eigenvalue weighted by Crippen LogP contribution is -2.09. The summed E-state index contributed by atoms with van der Waals surface area (Å²) in [6.45, 7) is -0.299. The number of benzene rings is 1. The van der Waals surface area contributed by atoms with Crippen LogP contribution in [0.3, 0.4) is 0 Å². The number of hydrogen-bond acceptors (Lipinski definition) is 5. The van der Waals surface area contributed by atoms with E-state index in [0.29, 0.717) is 5.56 Å². The lowest BCUT2D eigenvalue weighted by molar-refractivity contribution is -0.384. The van der Waals surface area contributed by atoms with Gasteiger partial charge >= 0.3 is 0 Å². The molecule has 1 amide bonds. The number of amides is 1. The minimum atomic E-state index is -0.666. The van der Waals surface area contributed by atoms with Gasteiger partial charge in [-0.05, 0) is 11.6 Å². The molecule has 0 saturated carbocycles. The van der Waals surface area contributed by atoms with E-state index in [1.807, 2.05) is 0 Å². The SMILES string of the molecule is NC(=O)c1cnn(-c2ccc(CO)cc2[N+](=O)[O-])c1. The molecular formula is C11H10N4O4. The van der Waals surface area contributed by atoms with Crippen molar-refractivity contribution in [3.8, 4) is 5.69 Å². The molecule has 3 N–H and O–H groups in total. The third kappa shape index (κ3) is 2.43. The van der Waals surface area contributed by atoms with E-state index in [2.05, 4.69) is 5.10 Å². The van der Waals surface area contributed by atoms with Gasteiger partial charge in [-0.3, -0.25) is 14.9 Å². The summed E-state index contributed by atoms with van der Waals surface area (Å²) in [6.07, 6.45) is 2.54. The van der Waals surface area contributed by atoms with Gasteiger partial charge in [-0.25, -0.2) is 4.68 Å². The molecule has 2 aromatic rings. The van der Waals surface area contributed by atoms with Gasteiger partial charge in [0.1, 0.15) is 5.69 Å². The van der Waals surface area contributed by atoms with Crippen molar-refractivity contribution in [1.82, 2.24) is 9.78 Å². The van der Waals surface area contributed by atoms with E-state index in [1.165, 1.54) is 35.3 Å². The molecule has 1 heterocycles. The molecule has 0 atom stereocenters. The highest BCUT2D eigenvalue weighted by Gasteiger charge is 2.17. The van der Waals surface area contributed by atoms with Crippen molar-refractivity contribution in [3.05, 3.63) is 51.8 Å². The number of aliphatic hydroxyl groups is 1. The third-order valence-electron chi connectivity index (χ3n) is 2.53. The van der Waals surface area contributed by atoms with Crippen molar-refractivity contribution < 1.29 is 14.8 Å². The number of nitro groups is 1. The van der Waals surface area contributed by atoms with Crippen molar-refractivity contribution in [2.75, 3.05) is 0 Å². The van der Waals surface area contributed by atoms with Gasteiger partial charge < -0.3 is 10.8 Å². The van der Waals surface area contributed by atoms with E-state index in [1.54, 1.807) is 0 Å². The van der Waals surface area contributed by atoms with Crippen molar-refractivity contribution in [3.63, 3.8) is 0 Å². The molecule has 8 heteroatoms. The van der Waals surface area contributed by atoms with Gasteiger partial charge in [-0.1, -0.05) is 6.07 Å². The minimum absolute atomic E-state index is 0.153. The molecule has 0 aliphatic heterocycles. The number of nitro benzene ring substituents is 1. The van der Waals surface area contributed by atoms with Crippen LogP contribution in [-0.4, -0.2) is 25.7 Å². The predicted molar refractivity (Wildman–Crippen MR) is 64.7 cm³/mol. The summed E-state index contributed by atoms with van der Waals surface area (Å²) in [6, 6.07) is 4.23. The Kier molecular flexibility index (Phi) is 3.25. The van der Waals surface area contributed by atoms with Crippen LogP contribution in [0.15, 0.2) is 30.6 Å². The zero-order valence-electron chi connectivity index (χ0n) is 9.68. The van der Waals surface area contributed by atoms with Crippen LogP contribution in [0.2, 0.25) is 0 Å². The molecule has 0 unspecified atom stereocenters. The Hall–Kier alpha value is -2.74. The highest BCUT2D eigenvalue weighted by atomic mass is 16.6. The van der Waals surface area contributed by atoms with Crippen LogP contribution in [0.25, 0.3) is 5.69 Å². The van der Waals surface area contributed by atoms with E-state index in [9.17, 15) is 14.9 Å². The van der Waals surface area contributed by atoms with E-state index >= 15 is 0 Å². The number of aromatic nitrogens is 2. The summed E-state index contributed by atoms with van der Waals surface area (Å²) in [5, 5.41) is 23.8. The maximum atomic E-state index is 11.0. The number of nitrogens with two attached hydrogens (primary N) is 1. The van der Waals surface area contributed by atoms with Crippen molar-refractivity contribution in [2.24, 2.45) is 5.73 Å². The molecular weight excluding hydrogens is 252 g/mol. The second kappa shape index (κ2) is 4.86. The molecule has 1 aromatic carbocycles. The van der Waals surface area contributed by atoms with Gasteiger partial charge in [0, 0.05) is 12.3 Å². The van der Waals surface area contributed by atoms with Crippen LogP contribution in [0, 0.1) is 10.1 Å². The van der Waals surface area contributed by atoms with Gasteiger partial charge in [0.15, 0.2) is 0 Å². The summed E-state index contributed by atoms with van der Waals surface area (Å²) in [5.74, 6) is -0.666. The number of nitrogens with zero attached hydrogens (tertiary/aromatic N) is 3. The van der Waals surface area contributed by atoms with Crippen LogP contribution in [-0.2, 0) is 6.61 Å². The second-order valence-electron chi connectivity index (χ2n) is 3.78. The Morgan fingerprint density at radius 2 is 2.26 bits per heavy atom. The highest BCUT2D eigenvalue weighted by molar-refractivity contribution is 5.92.